The van der Waals surface area contributed by atoms with Gasteiger partial charge in [0.1, 0.15) is 24.3 Å². The zero-order valence-corrected chi connectivity index (χ0v) is 19.5. The average molecular weight is 456 g/mol. The van der Waals surface area contributed by atoms with Crippen LogP contribution >= 0.6 is 0 Å². The van der Waals surface area contributed by atoms with Gasteiger partial charge in [0.15, 0.2) is 0 Å². The van der Waals surface area contributed by atoms with Crippen molar-refractivity contribution in [1.82, 2.24) is 9.55 Å². The number of aromatic nitrogens is 2. The lowest BCUT2D eigenvalue weighted by Gasteiger charge is -2.19. The van der Waals surface area contributed by atoms with Gasteiger partial charge >= 0.3 is 0 Å². The lowest BCUT2D eigenvalue weighted by atomic mass is 10.1. The predicted octanol–water partition coefficient (Wildman–Crippen LogP) is 4.61. The van der Waals surface area contributed by atoms with E-state index in [-0.39, 0.29) is 18.4 Å². The van der Waals surface area contributed by atoms with E-state index < -0.39 is 6.10 Å². The molecule has 3 aromatic carbocycles. The number of hydrogen-bond donors (Lipinski definition) is 1. The minimum atomic E-state index is -0.722. The van der Waals surface area contributed by atoms with E-state index in [0.29, 0.717) is 19.5 Å². The molecule has 0 radical (unpaired) electrons. The third-order valence-electron chi connectivity index (χ3n) is 6.56. The first-order valence-corrected chi connectivity index (χ1v) is 11.7. The van der Waals surface area contributed by atoms with E-state index in [1.165, 1.54) is 5.56 Å². The fourth-order valence-electron chi connectivity index (χ4n) is 4.60. The van der Waals surface area contributed by atoms with E-state index in [0.717, 1.165) is 33.9 Å². The summed E-state index contributed by atoms with van der Waals surface area (Å²) in [6, 6.07) is 23.6. The summed E-state index contributed by atoms with van der Waals surface area (Å²) < 4.78 is 7.93. The normalized spacial score (nSPS) is 16.9. The smallest absolute Gasteiger partial charge is 0.227 e. The van der Waals surface area contributed by atoms with Crippen molar-refractivity contribution in [2.24, 2.45) is 0 Å². The molecule has 0 bridgehead atoms. The lowest BCUT2D eigenvalue weighted by molar-refractivity contribution is -0.117. The maximum absolute atomic E-state index is 12.8. The van der Waals surface area contributed by atoms with Gasteiger partial charge < -0.3 is 19.3 Å². The fraction of sp³-hybridized carbons (Fsp3) is 0.286. The molecule has 0 unspecified atom stereocenters. The van der Waals surface area contributed by atoms with Crippen molar-refractivity contribution in [3.63, 3.8) is 0 Å². The molecule has 4 aromatic rings. The summed E-state index contributed by atoms with van der Waals surface area (Å²) in [5.74, 6) is 1.62. The number of anilines is 1. The number of carbonyl (C=O) groups excluding carboxylic acids is 1. The molecule has 2 atom stereocenters. The van der Waals surface area contributed by atoms with Gasteiger partial charge in [-0.3, -0.25) is 4.79 Å². The molecule has 34 heavy (non-hydrogen) atoms. The molecule has 2 heterocycles. The van der Waals surface area contributed by atoms with Crippen molar-refractivity contribution < 1.29 is 14.6 Å². The largest absolute Gasteiger partial charge is 0.491 e. The van der Waals surface area contributed by atoms with Gasteiger partial charge in [0.25, 0.3) is 0 Å². The molecule has 0 saturated carbocycles. The van der Waals surface area contributed by atoms with Crippen molar-refractivity contribution in [2.75, 3.05) is 18.1 Å². The summed E-state index contributed by atoms with van der Waals surface area (Å²) in [5, 5.41) is 10.9. The van der Waals surface area contributed by atoms with Gasteiger partial charge in [0.2, 0.25) is 5.91 Å². The number of ether oxygens (including phenoxy) is 1. The van der Waals surface area contributed by atoms with Crippen molar-refractivity contribution in [2.45, 2.75) is 38.8 Å². The van der Waals surface area contributed by atoms with Crippen molar-refractivity contribution in [3.05, 3.63) is 89.7 Å². The number of aliphatic hydroxyl groups excluding tert-OH is 1. The van der Waals surface area contributed by atoms with E-state index >= 15 is 0 Å². The van der Waals surface area contributed by atoms with Gasteiger partial charge in [-0.05, 0) is 61.4 Å². The van der Waals surface area contributed by atoms with Gasteiger partial charge in [-0.1, -0.05) is 36.4 Å². The number of nitrogens with zero attached hydrogens (tertiary/aromatic N) is 3. The van der Waals surface area contributed by atoms with E-state index in [9.17, 15) is 9.90 Å². The monoisotopic (exact) mass is 455 g/mol. The third-order valence-corrected chi connectivity index (χ3v) is 6.56. The number of hydrogen-bond acceptors (Lipinski definition) is 4. The Kier molecular flexibility index (Phi) is 6.07. The van der Waals surface area contributed by atoms with Crippen LogP contribution in [-0.2, 0) is 11.3 Å². The maximum atomic E-state index is 12.8. The molecular weight excluding hydrogens is 426 g/mol. The molecule has 174 valence electrons. The highest BCUT2D eigenvalue weighted by molar-refractivity contribution is 5.96. The molecule has 6 nitrogen and oxygen atoms in total. The summed E-state index contributed by atoms with van der Waals surface area (Å²) in [7, 11) is 0. The van der Waals surface area contributed by atoms with Gasteiger partial charge in [0.05, 0.1) is 17.6 Å². The van der Waals surface area contributed by atoms with Gasteiger partial charge in [-0.15, -0.1) is 0 Å². The van der Waals surface area contributed by atoms with Crippen molar-refractivity contribution in [1.29, 1.82) is 0 Å². The highest BCUT2D eigenvalue weighted by Crippen LogP contribution is 2.33. The highest BCUT2D eigenvalue weighted by Gasteiger charge is 2.35. The SMILES string of the molecule is Cc1ccc(OC[C@@H](O)Cn2c([C@H]3CC(=O)N(c4ccccc4)C3)nc3ccccc32)cc1C. The van der Waals surface area contributed by atoms with Gasteiger partial charge in [0, 0.05) is 24.6 Å². The molecule has 1 saturated heterocycles. The van der Waals surface area contributed by atoms with Crippen LogP contribution in [0.3, 0.4) is 0 Å². The summed E-state index contributed by atoms with van der Waals surface area (Å²) >= 11 is 0. The van der Waals surface area contributed by atoms with Gasteiger partial charge in [-0.2, -0.15) is 0 Å². The van der Waals surface area contributed by atoms with Crippen LogP contribution < -0.4 is 9.64 Å². The summed E-state index contributed by atoms with van der Waals surface area (Å²) in [6.07, 6.45) is -0.326. The molecular formula is C28H29N3O3. The van der Waals surface area contributed by atoms with Crippen LogP contribution in [0.2, 0.25) is 0 Å². The van der Waals surface area contributed by atoms with Crippen LogP contribution in [0, 0.1) is 13.8 Å². The first-order chi connectivity index (χ1) is 16.5. The molecule has 1 aliphatic rings. The Labute approximate surface area is 199 Å². The zero-order valence-electron chi connectivity index (χ0n) is 19.5. The Balaban J connectivity index is 1.37. The second kappa shape index (κ2) is 9.31. The molecule has 0 aliphatic carbocycles. The topological polar surface area (TPSA) is 67.6 Å². The van der Waals surface area contributed by atoms with Crippen LogP contribution in [0.4, 0.5) is 5.69 Å². The summed E-state index contributed by atoms with van der Waals surface area (Å²) in [5.41, 5.74) is 5.08. The molecule has 5 rings (SSSR count). The molecule has 1 fully saturated rings. The van der Waals surface area contributed by atoms with Crippen LogP contribution in [0.15, 0.2) is 72.8 Å². The average Bonchev–Trinajstić information content (AvgIpc) is 3.41. The number of amides is 1. The quantitative estimate of drug-likeness (QED) is 0.442. The Bertz CT molecular complexity index is 1320. The summed E-state index contributed by atoms with van der Waals surface area (Å²) in [4.78, 5) is 19.5. The first-order valence-electron chi connectivity index (χ1n) is 11.7. The number of fused-ring (bicyclic) bond motifs is 1. The minimum absolute atomic E-state index is 0.0482. The highest BCUT2D eigenvalue weighted by atomic mass is 16.5. The zero-order chi connectivity index (χ0) is 23.7. The Morgan fingerprint density at radius 1 is 1.03 bits per heavy atom. The predicted molar refractivity (Wildman–Crippen MR) is 133 cm³/mol. The Hall–Kier alpha value is -3.64. The third kappa shape index (κ3) is 4.41. The van der Waals surface area contributed by atoms with Crippen molar-refractivity contribution >= 4 is 22.6 Å². The number of para-hydroxylation sites is 3. The Morgan fingerprint density at radius 2 is 1.79 bits per heavy atom. The van der Waals surface area contributed by atoms with Crippen LogP contribution in [0.25, 0.3) is 11.0 Å². The second-order valence-electron chi connectivity index (χ2n) is 9.02. The number of carbonyl (C=O) groups is 1. The van der Waals surface area contributed by atoms with E-state index in [1.807, 2.05) is 84.6 Å². The number of imidazole rings is 1. The van der Waals surface area contributed by atoms with E-state index in [4.69, 9.17) is 9.72 Å². The minimum Gasteiger partial charge on any atom is -0.491 e. The number of aryl methyl sites for hydroxylation is 2. The van der Waals surface area contributed by atoms with Crippen LogP contribution in [0.5, 0.6) is 5.75 Å². The standard InChI is InChI=1S/C28H29N3O3/c1-19-12-13-24(14-20(19)2)34-18-23(32)17-31-26-11-7-6-10-25(26)29-28(31)21-15-27(33)30(16-21)22-8-4-3-5-9-22/h3-14,21,23,32H,15-18H2,1-2H3/t21-,23-/m0/s1. The molecule has 1 amide bonds. The van der Waals surface area contributed by atoms with E-state index in [1.54, 1.807) is 0 Å². The molecule has 1 aromatic heterocycles. The first kappa shape index (κ1) is 22.2. The second-order valence-corrected chi connectivity index (χ2v) is 9.02. The van der Waals surface area contributed by atoms with Crippen LogP contribution in [-0.4, -0.2) is 39.8 Å². The maximum Gasteiger partial charge on any atom is 0.227 e. The van der Waals surface area contributed by atoms with Crippen molar-refractivity contribution in [3.8, 4) is 5.75 Å². The molecule has 1 aliphatic heterocycles. The number of rotatable bonds is 7. The van der Waals surface area contributed by atoms with Crippen LogP contribution in [0.1, 0.15) is 29.3 Å². The Morgan fingerprint density at radius 3 is 2.59 bits per heavy atom. The fourth-order valence-corrected chi connectivity index (χ4v) is 4.60. The summed E-state index contributed by atoms with van der Waals surface area (Å²) in [6.45, 7) is 5.20. The molecule has 6 heteroatoms. The number of benzene rings is 3. The van der Waals surface area contributed by atoms with E-state index in [2.05, 4.69) is 11.5 Å². The lowest BCUT2D eigenvalue weighted by Crippen LogP contribution is -2.26. The molecule has 1 N–H and O–H groups in total. The number of aliphatic hydroxyl groups is 1. The molecule has 0 spiro atoms. The van der Waals surface area contributed by atoms with Gasteiger partial charge in [-0.25, -0.2) is 4.98 Å².